The summed E-state index contributed by atoms with van der Waals surface area (Å²) in [7, 11) is -2.11. The second-order valence-corrected chi connectivity index (χ2v) is 9.29. The molecule has 1 saturated heterocycles. The van der Waals surface area contributed by atoms with Crippen LogP contribution in [0.4, 0.5) is 4.39 Å². The number of halogens is 1. The molecule has 2 heterocycles. The number of sulfonamides is 1. The summed E-state index contributed by atoms with van der Waals surface area (Å²) >= 11 is 0. The van der Waals surface area contributed by atoms with E-state index in [9.17, 15) is 17.6 Å². The zero-order valence-corrected chi connectivity index (χ0v) is 18.1. The molecule has 1 atom stereocenters. The quantitative estimate of drug-likeness (QED) is 0.658. The van der Waals surface area contributed by atoms with E-state index in [0.717, 1.165) is 0 Å². The first kappa shape index (κ1) is 22.2. The highest BCUT2D eigenvalue weighted by Crippen LogP contribution is 2.28. The number of benzene rings is 1. The van der Waals surface area contributed by atoms with Crippen molar-refractivity contribution < 1.29 is 26.9 Å². The molecule has 1 aliphatic rings. The van der Waals surface area contributed by atoms with E-state index in [1.54, 1.807) is 25.8 Å². The van der Waals surface area contributed by atoms with Crippen LogP contribution in [-0.2, 0) is 14.8 Å². The van der Waals surface area contributed by atoms with Gasteiger partial charge in [0.15, 0.2) is 5.76 Å². The average molecular weight is 440 g/mol. The normalized spacial score (nSPS) is 17.7. The monoisotopic (exact) mass is 439 g/mol. The van der Waals surface area contributed by atoms with Crippen molar-refractivity contribution in [1.82, 2.24) is 14.4 Å². The molecule has 1 fully saturated rings. The van der Waals surface area contributed by atoms with Crippen molar-refractivity contribution in [3.63, 3.8) is 0 Å². The molecule has 0 spiro atoms. The molecule has 164 valence electrons. The lowest BCUT2D eigenvalue weighted by Gasteiger charge is -2.33. The molecule has 1 aliphatic heterocycles. The Kier molecular flexibility index (Phi) is 6.77. The zero-order valence-electron chi connectivity index (χ0n) is 17.3. The minimum atomic E-state index is -3.78. The van der Waals surface area contributed by atoms with Crippen LogP contribution in [0.1, 0.15) is 24.3 Å². The van der Waals surface area contributed by atoms with Crippen LogP contribution in [0.2, 0.25) is 0 Å². The molecular weight excluding hydrogens is 413 g/mol. The van der Waals surface area contributed by atoms with E-state index in [2.05, 4.69) is 5.16 Å². The van der Waals surface area contributed by atoms with Gasteiger partial charge in [-0.05, 0) is 51.0 Å². The number of hydrogen-bond donors (Lipinski definition) is 0. The number of aromatic nitrogens is 1. The lowest BCUT2D eigenvalue weighted by molar-refractivity contribution is -0.135. The van der Waals surface area contributed by atoms with Crippen molar-refractivity contribution in [2.24, 2.45) is 5.92 Å². The fourth-order valence-corrected chi connectivity index (χ4v) is 5.40. The van der Waals surface area contributed by atoms with Crippen LogP contribution >= 0.6 is 0 Å². The summed E-state index contributed by atoms with van der Waals surface area (Å²) in [6.45, 7) is 4.21. The van der Waals surface area contributed by atoms with Crippen molar-refractivity contribution in [3.05, 3.63) is 41.5 Å². The topological polar surface area (TPSA) is 93.0 Å². The second kappa shape index (κ2) is 9.13. The number of carbonyl (C=O) groups excluding carboxylic acids is 1. The van der Waals surface area contributed by atoms with Crippen LogP contribution < -0.4 is 4.74 Å². The molecule has 0 bridgehead atoms. The molecule has 3 rings (SSSR count). The molecule has 2 aromatic rings. The van der Waals surface area contributed by atoms with E-state index in [1.807, 2.05) is 0 Å². The van der Waals surface area contributed by atoms with Crippen LogP contribution in [0, 0.1) is 25.6 Å². The number of piperidine rings is 1. The van der Waals surface area contributed by atoms with Crippen molar-refractivity contribution >= 4 is 15.9 Å². The Bertz CT molecular complexity index is 971. The van der Waals surface area contributed by atoms with E-state index in [-0.39, 0.29) is 35.5 Å². The minimum Gasteiger partial charge on any atom is -0.492 e. The summed E-state index contributed by atoms with van der Waals surface area (Å²) < 4.78 is 50.9. The van der Waals surface area contributed by atoms with Crippen molar-refractivity contribution in [2.45, 2.75) is 31.6 Å². The van der Waals surface area contributed by atoms with Gasteiger partial charge in [0.25, 0.3) is 0 Å². The first-order chi connectivity index (χ1) is 14.2. The lowest BCUT2D eigenvalue weighted by Crippen LogP contribution is -2.46. The van der Waals surface area contributed by atoms with Crippen molar-refractivity contribution in [2.75, 3.05) is 33.3 Å². The second-order valence-electron chi connectivity index (χ2n) is 7.42. The van der Waals surface area contributed by atoms with E-state index < -0.39 is 15.9 Å². The highest BCUT2D eigenvalue weighted by Gasteiger charge is 2.37. The summed E-state index contributed by atoms with van der Waals surface area (Å²) in [4.78, 5) is 14.5. The van der Waals surface area contributed by atoms with Crippen LogP contribution in [0.15, 0.2) is 33.7 Å². The fourth-order valence-electron chi connectivity index (χ4n) is 3.59. The maximum absolute atomic E-state index is 13.0. The summed E-state index contributed by atoms with van der Waals surface area (Å²) in [6.07, 6.45) is 1.22. The zero-order chi connectivity index (χ0) is 21.9. The highest BCUT2D eigenvalue weighted by molar-refractivity contribution is 7.89. The lowest BCUT2D eigenvalue weighted by atomic mass is 9.98. The Morgan fingerprint density at radius 2 is 2.03 bits per heavy atom. The van der Waals surface area contributed by atoms with Crippen molar-refractivity contribution in [3.8, 4) is 5.75 Å². The van der Waals surface area contributed by atoms with Gasteiger partial charge in [-0.1, -0.05) is 5.16 Å². The SMILES string of the molecule is Cc1noc(C)c1S(=O)(=O)N1CCCC(C(=O)N(C)CCOc2ccc(F)cc2)C1. The first-order valence-electron chi connectivity index (χ1n) is 9.76. The summed E-state index contributed by atoms with van der Waals surface area (Å²) in [5, 5.41) is 3.73. The third-order valence-corrected chi connectivity index (χ3v) is 7.29. The molecule has 0 N–H and O–H groups in total. The van der Waals surface area contributed by atoms with Gasteiger partial charge in [0, 0.05) is 20.1 Å². The van der Waals surface area contributed by atoms with Crippen LogP contribution in [0.25, 0.3) is 0 Å². The Balaban J connectivity index is 1.59. The predicted molar refractivity (Wildman–Crippen MR) is 107 cm³/mol. The maximum atomic E-state index is 13.0. The number of nitrogens with zero attached hydrogens (tertiary/aromatic N) is 3. The molecule has 1 amide bonds. The number of aryl methyl sites for hydroxylation is 2. The van der Waals surface area contributed by atoms with Gasteiger partial charge in [0.05, 0.1) is 12.5 Å². The number of carbonyl (C=O) groups is 1. The van der Waals surface area contributed by atoms with Gasteiger partial charge < -0.3 is 14.2 Å². The summed E-state index contributed by atoms with van der Waals surface area (Å²) in [5.41, 5.74) is 0.316. The molecule has 0 aliphatic carbocycles. The standard InChI is InChI=1S/C20H26FN3O5S/c1-14-19(15(2)29-22-14)30(26,27)24-10-4-5-16(13-24)20(25)23(3)11-12-28-18-8-6-17(21)7-9-18/h6-9,16H,4-5,10-13H2,1-3H3. The molecule has 1 unspecified atom stereocenters. The van der Waals surface area contributed by atoms with Gasteiger partial charge >= 0.3 is 0 Å². The highest BCUT2D eigenvalue weighted by atomic mass is 32.2. The van der Waals surface area contributed by atoms with Gasteiger partial charge in [0.1, 0.15) is 28.8 Å². The van der Waals surface area contributed by atoms with Crippen LogP contribution in [0.5, 0.6) is 5.75 Å². The summed E-state index contributed by atoms with van der Waals surface area (Å²) in [6, 6.07) is 5.66. The van der Waals surface area contributed by atoms with E-state index in [4.69, 9.17) is 9.26 Å². The van der Waals surface area contributed by atoms with E-state index in [0.29, 0.717) is 37.4 Å². The smallest absolute Gasteiger partial charge is 0.248 e. The summed E-state index contributed by atoms with van der Waals surface area (Å²) in [5.74, 6) is -0.133. The molecule has 0 saturated carbocycles. The van der Waals surface area contributed by atoms with Crippen LogP contribution in [-0.4, -0.2) is 62.0 Å². The number of ether oxygens (including phenoxy) is 1. The largest absolute Gasteiger partial charge is 0.492 e. The Morgan fingerprint density at radius 1 is 1.33 bits per heavy atom. The predicted octanol–water partition coefficient (Wildman–Crippen LogP) is 2.37. The molecule has 1 aromatic carbocycles. The Labute approximate surface area is 175 Å². The Hall–Kier alpha value is -2.46. The van der Waals surface area contributed by atoms with E-state index >= 15 is 0 Å². The molecule has 10 heteroatoms. The molecule has 30 heavy (non-hydrogen) atoms. The number of amides is 1. The number of likely N-dealkylation sites (N-methyl/N-ethyl adjacent to an activating group) is 1. The third-order valence-electron chi connectivity index (χ3n) is 5.18. The first-order valence-corrected chi connectivity index (χ1v) is 11.2. The third kappa shape index (κ3) is 4.81. The number of rotatable bonds is 7. The average Bonchev–Trinajstić information content (AvgIpc) is 3.07. The van der Waals surface area contributed by atoms with Crippen LogP contribution in [0.3, 0.4) is 0 Å². The van der Waals surface area contributed by atoms with Crippen molar-refractivity contribution in [1.29, 1.82) is 0 Å². The number of hydrogen-bond acceptors (Lipinski definition) is 6. The Morgan fingerprint density at radius 3 is 2.67 bits per heavy atom. The van der Waals surface area contributed by atoms with Gasteiger partial charge in [-0.2, -0.15) is 4.31 Å². The molecule has 1 aromatic heterocycles. The minimum absolute atomic E-state index is 0.0802. The van der Waals surface area contributed by atoms with E-state index in [1.165, 1.54) is 28.6 Å². The van der Waals surface area contributed by atoms with Gasteiger partial charge in [-0.15, -0.1) is 0 Å². The molecule has 8 nitrogen and oxygen atoms in total. The molecule has 0 radical (unpaired) electrons. The maximum Gasteiger partial charge on any atom is 0.248 e. The fraction of sp³-hybridized carbons (Fsp3) is 0.500. The molecular formula is C20H26FN3O5S. The van der Waals surface area contributed by atoms with Gasteiger partial charge in [-0.25, -0.2) is 12.8 Å². The van der Waals surface area contributed by atoms with Gasteiger partial charge in [0.2, 0.25) is 15.9 Å². The van der Waals surface area contributed by atoms with Gasteiger partial charge in [-0.3, -0.25) is 4.79 Å².